The fourth-order valence-corrected chi connectivity index (χ4v) is 2.09. The number of aliphatic carboxylic acids is 1. The third-order valence-corrected chi connectivity index (χ3v) is 3.41. The summed E-state index contributed by atoms with van der Waals surface area (Å²) in [5.74, 6) is -1.04. The lowest BCUT2D eigenvalue weighted by molar-refractivity contribution is -0.137. The minimum Gasteiger partial charge on any atom is -0.481 e. The van der Waals surface area contributed by atoms with Crippen molar-refractivity contribution < 1.29 is 24.2 Å². The molecular weight excluding hydrogens is 358 g/mol. The van der Waals surface area contributed by atoms with Crippen molar-refractivity contribution >= 4 is 11.9 Å². The van der Waals surface area contributed by atoms with Crippen molar-refractivity contribution in [1.82, 2.24) is 4.90 Å². The van der Waals surface area contributed by atoms with Crippen LogP contribution >= 0.6 is 0 Å². The molecule has 27 heavy (non-hydrogen) atoms. The first-order valence-corrected chi connectivity index (χ1v) is 8.78. The fraction of sp³-hybridized carbons (Fsp3) is 0.867. The minimum atomic E-state index is -0.924. The average Bonchev–Trinajstić information content (AvgIpc) is 2.64. The maximum Gasteiger partial charge on any atom is 0.303 e. The van der Waals surface area contributed by atoms with Gasteiger partial charge in [0.25, 0.3) is 0 Å². The highest BCUT2D eigenvalue weighted by Gasteiger charge is 2.13. The van der Waals surface area contributed by atoms with Crippen molar-refractivity contribution in [2.45, 2.75) is 32.1 Å². The molecule has 0 spiro atoms. The second-order valence-electron chi connectivity index (χ2n) is 5.47. The summed E-state index contributed by atoms with van der Waals surface area (Å²) in [7, 11) is 0. The van der Waals surface area contributed by atoms with Crippen LogP contribution in [0.2, 0.25) is 0 Å². The van der Waals surface area contributed by atoms with Crippen molar-refractivity contribution in [3.8, 4) is 0 Å². The molecule has 12 nitrogen and oxygen atoms in total. The standard InChI is InChI=1S/C15H27N7O5/c16-20-18-6-1-2-8-22(14(23)4-3-5-15(24)25)9-11-27-13-12-26-10-7-19-21-17/h1-13H2,(H,24,25). The average molecular weight is 385 g/mol. The number of ether oxygens (including phenoxy) is 2. The molecule has 0 heterocycles. The highest BCUT2D eigenvalue weighted by molar-refractivity contribution is 5.77. The van der Waals surface area contributed by atoms with E-state index in [9.17, 15) is 9.59 Å². The number of carboxylic acid groups (broad SMARTS) is 1. The van der Waals surface area contributed by atoms with Gasteiger partial charge in [-0.3, -0.25) is 9.59 Å². The van der Waals surface area contributed by atoms with Gasteiger partial charge in [0.15, 0.2) is 0 Å². The van der Waals surface area contributed by atoms with E-state index in [0.717, 1.165) is 0 Å². The molecule has 0 radical (unpaired) electrons. The van der Waals surface area contributed by atoms with E-state index in [1.54, 1.807) is 4.90 Å². The summed E-state index contributed by atoms with van der Waals surface area (Å²) in [4.78, 5) is 29.7. The van der Waals surface area contributed by atoms with Gasteiger partial charge in [-0.05, 0) is 30.3 Å². The van der Waals surface area contributed by atoms with E-state index in [0.29, 0.717) is 65.3 Å². The topological polar surface area (TPSA) is 174 Å². The SMILES string of the molecule is [N-]=[N+]=NCCCCN(CCOCCOCCN=[N+]=[N-])C(=O)CCCC(=O)O. The Morgan fingerprint density at radius 1 is 0.852 bits per heavy atom. The molecule has 0 aromatic rings. The molecule has 0 rings (SSSR count). The molecule has 0 saturated carbocycles. The van der Waals surface area contributed by atoms with E-state index in [1.807, 2.05) is 0 Å². The molecule has 12 heteroatoms. The highest BCUT2D eigenvalue weighted by Crippen LogP contribution is 2.04. The van der Waals surface area contributed by atoms with E-state index < -0.39 is 5.97 Å². The number of amides is 1. The van der Waals surface area contributed by atoms with Crippen LogP contribution in [0.1, 0.15) is 32.1 Å². The summed E-state index contributed by atoms with van der Waals surface area (Å²) in [6.07, 6.45) is 1.78. The summed E-state index contributed by atoms with van der Waals surface area (Å²) < 4.78 is 10.6. The zero-order valence-electron chi connectivity index (χ0n) is 15.4. The molecule has 0 aliphatic carbocycles. The highest BCUT2D eigenvalue weighted by atomic mass is 16.5. The molecule has 0 bridgehead atoms. The maximum absolute atomic E-state index is 12.2. The molecule has 0 saturated heterocycles. The first kappa shape index (κ1) is 24.5. The molecule has 0 unspecified atom stereocenters. The first-order chi connectivity index (χ1) is 13.1. The van der Waals surface area contributed by atoms with Crippen LogP contribution in [0.25, 0.3) is 20.9 Å². The van der Waals surface area contributed by atoms with E-state index in [-0.39, 0.29) is 25.3 Å². The van der Waals surface area contributed by atoms with Crippen LogP contribution in [0.3, 0.4) is 0 Å². The molecule has 0 atom stereocenters. The van der Waals surface area contributed by atoms with Crippen LogP contribution in [0.5, 0.6) is 0 Å². The molecular formula is C15H27N7O5. The number of rotatable bonds is 18. The zero-order chi connectivity index (χ0) is 20.2. The van der Waals surface area contributed by atoms with Crippen LogP contribution in [0.15, 0.2) is 10.2 Å². The Kier molecular flexibility index (Phi) is 16.6. The lowest BCUT2D eigenvalue weighted by Gasteiger charge is -2.22. The molecule has 0 aromatic carbocycles. The van der Waals surface area contributed by atoms with Gasteiger partial charge in [-0.15, -0.1) is 0 Å². The largest absolute Gasteiger partial charge is 0.481 e. The fourth-order valence-electron chi connectivity index (χ4n) is 2.09. The number of hydrogen-bond acceptors (Lipinski definition) is 6. The molecule has 0 aliphatic rings. The van der Waals surface area contributed by atoms with Crippen LogP contribution in [-0.2, 0) is 19.1 Å². The van der Waals surface area contributed by atoms with Crippen molar-refractivity contribution in [3.05, 3.63) is 20.9 Å². The number of azide groups is 2. The smallest absolute Gasteiger partial charge is 0.303 e. The van der Waals surface area contributed by atoms with E-state index >= 15 is 0 Å². The molecule has 1 amide bonds. The van der Waals surface area contributed by atoms with Crippen molar-refractivity contribution in [1.29, 1.82) is 0 Å². The molecule has 0 aliphatic heterocycles. The van der Waals surface area contributed by atoms with Gasteiger partial charge in [0, 0.05) is 48.8 Å². The first-order valence-electron chi connectivity index (χ1n) is 8.78. The number of carbonyl (C=O) groups is 2. The maximum atomic E-state index is 12.2. The monoisotopic (exact) mass is 385 g/mol. The molecule has 152 valence electrons. The van der Waals surface area contributed by atoms with E-state index in [1.165, 1.54) is 0 Å². The molecule has 0 fully saturated rings. The summed E-state index contributed by atoms with van der Waals surface area (Å²) in [5.41, 5.74) is 16.4. The predicted molar refractivity (Wildman–Crippen MR) is 97.0 cm³/mol. The summed E-state index contributed by atoms with van der Waals surface area (Å²) >= 11 is 0. The Balaban J connectivity index is 4.08. The third-order valence-electron chi connectivity index (χ3n) is 3.41. The van der Waals surface area contributed by atoms with E-state index in [4.69, 9.17) is 25.6 Å². The number of hydrogen-bond donors (Lipinski definition) is 1. The van der Waals surface area contributed by atoms with E-state index in [2.05, 4.69) is 20.1 Å². The minimum absolute atomic E-state index is 0.0415. The van der Waals surface area contributed by atoms with Gasteiger partial charge in [-0.2, -0.15) is 0 Å². The number of carboxylic acids is 1. The Labute approximate surface area is 157 Å². The number of carbonyl (C=O) groups excluding carboxylic acids is 1. The predicted octanol–water partition coefficient (Wildman–Crippen LogP) is 2.50. The number of unbranched alkanes of at least 4 members (excludes halogenated alkanes) is 1. The van der Waals surface area contributed by atoms with Crippen molar-refractivity contribution in [2.75, 3.05) is 52.6 Å². The number of nitrogens with zero attached hydrogens (tertiary/aromatic N) is 7. The lowest BCUT2D eigenvalue weighted by atomic mass is 10.2. The summed E-state index contributed by atoms with van der Waals surface area (Å²) in [6, 6.07) is 0. The Hall–Kier alpha value is -2.52. The van der Waals surface area contributed by atoms with Gasteiger partial charge >= 0.3 is 5.97 Å². The zero-order valence-corrected chi connectivity index (χ0v) is 15.4. The second kappa shape index (κ2) is 18.3. The van der Waals surface area contributed by atoms with Gasteiger partial charge in [0.05, 0.1) is 26.4 Å². The Morgan fingerprint density at radius 3 is 2.19 bits per heavy atom. The molecule has 0 aromatic heterocycles. The van der Waals surface area contributed by atoms with Gasteiger partial charge in [0.1, 0.15) is 0 Å². The molecule has 1 N–H and O–H groups in total. The van der Waals surface area contributed by atoms with Gasteiger partial charge in [-0.25, -0.2) is 0 Å². The van der Waals surface area contributed by atoms with Crippen molar-refractivity contribution in [3.63, 3.8) is 0 Å². The van der Waals surface area contributed by atoms with Crippen LogP contribution < -0.4 is 0 Å². The van der Waals surface area contributed by atoms with Gasteiger partial charge in [0.2, 0.25) is 5.91 Å². The Bertz CT molecular complexity index is 519. The summed E-state index contributed by atoms with van der Waals surface area (Å²) in [6.45, 7) is 2.92. The van der Waals surface area contributed by atoms with Crippen LogP contribution in [-0.4, -0.2) is 74.5 Å². The lowest BCUT2D eigenvalue weighted by Crippen LogP contribution is -2.35. The normalized spacial score (nSPS) is 9.93. The van der Waals surface area contributed by atoms with Crippen molar-refractivity contribution in [2.24, 2.45) is 10.2 Å². The summed E-state index contributed by atoms with van der Waals surface area (Å²) in [5, 5.41) is 15.5. The quantitative estimate of drug-likeness (QED) is 0.165. The van der Waals surface area contributed by atoms with Crippen LogP contribution in [0, 0.1) is 0 Å². The second-order valence-corrected chi connectivity index (χ2v) is 5.47. The third kappa shape index (κ3) is 16.7. The van der Waals surface area contributed by atoms with Gasteiger partial charge in [-0.1, -0.05) is 10.2 Å². The Morgan fingerprint density at radius 2 is 1.52 bits per heavy atom. The van der Waals surface area contributed by atoms with Crippen LogP contribution in [0.4, 0.5) is 0 Å². The van der Waals surface area contributed by atoms with Gasteiger partial charge < -0.3 is 19.5 Å².